The molecule has 28 heavy (non-hydrogen) atoms. The molecule has 0 aliphatic heterocycles. The van der Waals surface area contributed by atoms with Crippen molar-refractivity contribution in [2.24, 2.45) is 0 Å². The minimum Gasteiger partial charge on any atom is -0.491 e. The van der Waals surface area contributed by atoms with Gasteiger partial charge in [-0.2, -0.15) is 23.5 Å². The molecule has 0 aliphatic carbocycles. The first-order chi connectivity index (χ1) is 13.9. The van der Waals surface area contributed by atoms with E-state index >= 15 is 0 Å². The van der Waals surface area contributed by atoms with Crippen molar-refractivity contribution < 1.29 is 9.47 Å². The summed E-state index contributed by atoms with van der Waals surface area (Å²) in [6.45, 7) is 5.89. The fraction of sp³-hybridized carbons (Fsp3) is 0.417. The minimum absolute atomic E-state index is 0.729. The van der Waals surface area contributed by atoms with E-state index < -0.39 is 0 Å². The van der Waals surface area contributed by atoms with Crippen molar-refractivity contribution in [3.8, 4) is 11.5 Å². The lowest BCUT2D eigenvalue weighted by atomic mass is 10.0. The van der Waals surface area contributed by atoms with E-state index in [1.807, 2.05) is 23.5 Å². The topological polar surface area (TPSA) is 18.5 Å². The summed E-state index contributed by atoms with van der Waals surface area (Å²) in [5.41, 5.74) is 0. The van der Waals surface area contributed by atoms with Crippen molar-refractivity contribution in [3.63, 3.8) is 0 Å². The molecule has 0 spiro atoms. The summed E-state index contributed by atoms with van der Waals surface area (Å²) < 4.78 is 12.6. The van der Waals surface area contributed by atoms with E-state index in [0.29, 0.717) is 0 Å². The monoisotopic (exact) mass is 414 g/mol. The fourth-order valence-corrected chi connectivity index (χ4v) is 4.65. The lowest BCUT2D eigenvalue weighted by Crippen LogP contribution is -2.05. The van der Waals surface area contributed by atoms with Gasteiger partial charge in [0.15, 0.2) is 0 Å². The molecule has 0 atom stereocenters. The molecule has 0 aliphatic rings. The first-order valence-electron chi connectivity index (χ1n) is 10.2. The highest BCUT2D eigenvalue weighted by Gasteiger charge is 2.15. The molecule has 150 valence electrons. The van der Waals surface area contributed by atoms with Crippen LogP contribution >= 0.6 is 23.5 Å². The molecule has 0 saturated carbocycles. The van der Waals surface area contributed by atoms with Crippen LogP contribution in [0, 0.1) is 0 Å². The first-order valence-corrected chi connectivity index (χ1v) is 12.5. The lowest BCUT2D eigenvalue weighted by Gasteiger charge is -2.18. The maximum absolute atomic E-state index is 6.31. The van der Waals surface area contributed by atoms with Crippen molar-refractivity contribution in [1.82, 2.24) is 0 Å². The summed E-state index contributed by atoms with van der Waals surface area (Å²) in [6.07, 6.45) is 2.41. The van der Waals surface area contributed by atoms with E-state index in [0.717, 1.165) is 57.8 Å². The predicted octanol–water partition coefficient (Wildman–Crippen LogP) is 7.04. The quantitative estimate of drug-likeness (QED) is 0.234. The van der Waals surface area contributed by atoms with Crippen LogP contribution in [-0.2, 0) is 0 Å². The zero-order valence-corrected chi connectivity index (χ0v) is 18.5. The minimum atomic E-state index is 0.729. The maximum Gasteiger partial charge on any atom is 0.135 e. The molecule has 2 nitrogen and oxygen atoms in total. The number of fused-ring (bicyclic) bond motifs is 2. The summed E-state index contributed by atoms with van der Waals surface area (Å²) in [4.78, 5) is 0. The number of thioether (sulfide) groups is 2. The first kappa shape index (κ1) is 21.2. The molecule has 0 heterocycles. The van der Waals surface area contributed by atoms with Crippen molar-refractivity contribution in [3.05, 3.63) is 48.5 Å². The molecule has 0 N–H and O–H groups in total. The van der Waals surface area contributed by atoms with Crippen LogP contribution in [-0.4, -0.2) is 36.2 Å². The lowest BCUT2D eigenvalue weighted by molar-refractivity contribution is 0.346. The van der Waals surface area contributed by atoms with Crippen molar-refractivity contribution in [1.29, 1.82) is 0 Å². The Kier molecular flexibility index (Phi) is 8.69. The van der Waals surface area contributed by atoms with E-state index in [9.17, 15) is 0 Å². The van der Waals surface area contributed by atoms with Gasteiger partial charge in [0.1, 0.15) is 11.5 Å². The third-order valence-electron chi connectivity index (χ3n) is 4.48. The largest absolute Gasteiger partial charge is 0.491 e. The second-order valence-corrected chi connectivity index (χ2v) is 9.12. The van der Waals surface area contributed by atoms with Gasteiger partial charge in [-0.25, -0.2) is 0 Å². The molecule has 0 unspecified atom stereocenters. The molecule has 0 amide bonds. The van der Waals surface area contributed by atoms with Gasteiger partial charge in [0.05, 0.1) is 13.2 Å². The molecule has 0 fully saturated rings. The smallest absolute Gasteiger partial charge is 0.135 e. The highest BCUT2D eigenvalue weighted by molar-refractivity contribution is 7.99. The molecular weight excluding hydrogens is 384 g/mol. The van der Waals surface area contributed by atoms with Crippen LogP contribution in [0.4, 0.5) is 0 Å². The Morgan fingerprint density at radius 1 is 0.571 bits per heavy atom. The third kappa shape index (κ3) is 5.30. The highest BCUT2D eigenvalue weighted by atomic mass is 32.2. The van der Waals surface area contributed by atoms with E-state index in [2.05, 4.69) is 62.4 Å². The molecule has 3 aromatic rings. The maximum atomic E-state index is 6.31. The predicted molar refractivity (Wildman–Crippen MR) is 128 cm³/mol. The van der Waals surface area contributed by atoms with Gasteiger partial charge < -0.3 is 9.47 Å². The molecule has 0 saturated heterocycles. The van der Waals surface area contributed by atoms with Gasteiger partial charge in [-0.1, -0.05) is 62.4 Å². The summed E-state index contributed by atoms with van der Waals surface area (Å²) in [6, 6.07) is 16.9. The summed E-state index contributed by atoms with van der Waals surface area (Å²) in [5, 5.41) is 4.55. The van der Waals surface area contributed by atoms with Gasteiger partial charge in [0, 0.05) is 33.1 Å². The van der Waals surface area contributed by atoms with Gasteiger partial charge in [-0.3, -0.25) is 0 Å². The Morgan fingerprint density at radius 2 is 0.929 bits per heavy atom. The molecule has 0 radical (unpaired) electrons. The Morgan fingerprint density at radius 3 is 1.25 bits per heavy atom. The number of hydrogen-bond donors (Lipinski definition) is 0. The van der Waals surface area contributed by atoms with E-state index in [4.69, 9.17) is 9.47 Å². The second-order valence-electron chi connectivity index (χ2n) is 6.67. The van der Waals surface area contributed by atoms with Crippen LogP contribution in [0.3, 0.4) is 0 Å². The van der Waals surface area contributed by atoms with Crippen LogP contribution in [0.5, 0.6) is 11.5 Å². The zero-order valence-electron chi connectivity index (χ0n) is 16.9. The van der Waals surface area contributed by atoms with Gasteiger partial charge in [-0.15, -0.1) is 0 Å². The van der Waals surface area contributed by atoms with Crippen LogP contribution < -0.4 is 9.47 Å². The van der Waals surface area contributed by atoms with Gasteiger partial charge in [0.2, 0.25) is 0 Å². The van der Waals surface area contributed by atoms with E-state index in [1.165, 1.54) is 24.3 Å². The Labute approximate surface area is 177 Å². The summed E-state index contributed by atoms with van der Waals surface area (Å²) in [5.74, 6) is 6.38. The second kappa shape index (κ2) is 11.5. The molecular formula is C24H30O2S2. The van der Waals surface area contributed by atoms with Gasteiger partial charge >= 0.3 is 0 Å². The number of ether oxygens (including phenoxy) is 2. The number of hydrogen-bond acceptors (Lipinski definition) is 4. The number of benzene rings is 3. The Bertz CT molecular complexity index is 750. The average molecular weight is 415 g/mol. The molecule has 3 aromatic carbocycles. The molecule has 0 bridgehead atoms. The van der Waals surface area contributed by atoms with E-state index in [-0.39, 0.29) is 0 Å². The standard InChI is InChI=1S/C24H30O2S2/c1-3-15-27-17-13-25-23-19-9-5-7-11-21(19)24(26-14-18-28-16-4-2)22-12-8-6-10-20(22)23/h5-12H,3-4,13-18H2,1-2H3. The third-order valence-corrected chi connectivity index (χ3v) is 6.78. The average Bonchev–Trinajstić information content (AvgIpc) is 2.74. The highest BCUT2D eigenvalue weighted by Crippen LogP contribution is 2.42. The summed E-state index contributed by atoms with van der Waals surface area (Å²) >= 11 is 3.90. The number of rotatable bonds is 12. The Hall–Kier alpha value is -1.52. The molecule has 4 heteroatoms. The Balaban J connectivity index is 1.91. The van der Waals surface area contributed by atoms with Crippen LogP contribution in [0.1, 0.15) is 26.7 Å². The van der Waals surface area contributed by atoms with Gasteiger partial charge in [0.25, 0.3) is 0 Å². The fourth-order valence-electron chi connectivity index (χ4n) is 3.26. The molecule has 0 aromatic heterocycles. The normalized spacial score (nSPS) is 11.2. The van der Waals surface area contributed by atoms with Crippen LogP contribution in [0.15, 0.2) is 48.5 Å². The van der Waals surface area contributed by atoms with E-state index in [1.54, 1.807) is 0 Å². The zero-order chi connectivity index (χ0) is 19.6. The summed E-state index contributed by atoms with van der Waals surface area (Å²) in [7, 11) is 0. The SMILES string of the molecule is CCCSCCOc1c2ccccc2c(OCCSCCC)c2ccccc12. The van der Waals surface area contributed by atoms with Crippen molar-refractivity contribution in [2.45, 2.75) is 26.7 Å². The molecule has 3 rings (SSSR count). The van der Waals surface area contributed by atoms with Crippen molar-refractivity contribution >= 4 is 45.1 Å². The van der Waals surface area contributed by atoms with Crippen LogP contribution in [0.2, 0.25) is 0 Å². The van der Waals surface area contributed by atoms with Crippen LogP contribution in [0.25, 0.3) is 21.5 Å². The van der Waals surface area contributed by atoms with Gasteiger partial charge in [-0.05, 0) is 24.3 Å². The van der Waals surface area contributed by atoms with Crippen molar-refractivity contribution in [2.75, 3.05) is 36.2 Å².